The fraction of sp³-hybridized carbons (Fsp3) is 0.130. The standard InChI is InChI=1S/C23H19N3O5/c27-21(24-23(16-7-3-1-4-8-16)17-9-5-2-6-10-17)14-25-19-13-18(26(29)30)11-12-20(19)31-15-22(25)28/h1-13,23H,14-15H2,(H,24,27). The second-order valence-corrected chi connectivity index (χ2v) is 7.00. The number of ether oxygens (including phenoxy) is 1. The van der Waals surface area contributed by atoms with Gasteiger partial charge >= 0.3 is 0 Å². The summed E-state index contributed by atoms with van der Waals surface area (Å²) in [4.78, 5) is 37.2. The normalized spacial score (nSPS) is 12.8. The van der Waals surface area contributed by atoms with E-state index in [1.54, 1.807) is 0 Å². The Balaban J connectivity index is 1.59. The zero-order valence-electron chi connectivity index (χ0n) is 16.4. The Labute approximate surface area is 178 Å². The van der Waals surface area contributed by atoms with E-state index in [1.165, 1.54) is 23.1 Å². The molecule has 0 saturated heterocycles. The van der Waals surface area contributed by atoms with Crippen molar-refractivity contribution in [2.24, 2.45) is 0 Å². The molecule has 0 saturated carbocycles. The number of amides is 2. The Morgan fingerprint density at radius 3 is 2.23 bits per heavy atom. The molecule has 0 aromatic heterocycles. The van der Waals surface area contributed by atoms with Crippen LogP contribution in [0, 0.1) is 10.1 Å². The van der Waals surface area contributed by atoms with Crippen LogP contribution in [0.5, 0.6) is 5.75 Å². The predicted octanol–water partition coefficient (Wildman–Crippen LogP) is 3.23. The van der Waals surface area contributed by atoms with Gasteiger partial charge in [0.05, 0.1) is 16.7 Å². The van der Waals surface area contributed by atoms with Crippen molar-refractivity contribution in [1.29, 1.82) is 0 Å². The molecule has 3 aromatic rings. The molecule has 0 aliphatic carbocycles. The number of carbonyl (C=O) groups excluding carboxylic acids is 2. The van der Waals surface area contributed by atoms with E-state index in [4.69, 9.17) is 4.74 Å². The van der Waals surface area contributed by atoms with Crippen molar-refractivity contribution in [1.82, 2.24) is 5.32 Å². The molecule has 0 fully saturated rings. The minimum absolute atomic E-state index is 0.186. The fourth-order valence-electron chi connectivity index (χ4n) is 3.48. The highest BCUT2D eigenvalue weighted by Crippen LogP contribution is 2.35. The lowest BCUT2D eigenvalue weighted by Gasteiger charge is -2.29. The van der Waals surface area contributed by atoms with Crippen molar-refractivity contribution >= 4 is 23.2 Å². The first-order valence-corrected chi connectivity index (χ1v) is 9.64. The molecule has 8 nitrogen and oxygen atoms in total. The molecule has 1 heterocycles. The van der Waals surface area contributed by atoms with E-state index in [0.29, 0.717) is 5.75 Å². The molecule has 4 rings (SSSR count). The fourth-order valence-corrected chi connectivity index (χ4v) is 3.48. The third-order valence-electron chi connectivity index (χ3n) is 4.97. The monoisotopic (exact) mass is 417 g/mol. The molecule has 1 aliphatic heterocycles. The van der Waals surface area contributed by atoms with Gasteiger partial charge in [-0.25, -0.2) is 0 Å². The number of rotatable bonds is 6. The zero-order valence-corrected chi connectivity index (χ0v) is 16.4. The summed E-state index contributed by atoms with van der Waals surface area (Å²) >= 11 is 0. The SMILES string of the molecule is O=C(CN1C(=O)COc2ccc([N+](=O)[O-])cc21)NC(c1ccccc1)c1ccccc1. The van der Waals surface area contributed by atoms with Gasteiger partial charge < -0.3 is 10.1 Å². The molecule has 3 aromatic carbocycles. The van der Waals surface area contributed by atoms with Crippen LogP contribution in [0.4, 0.5) is 11.4 Å². The Hall–Kier alpha value is -4.20. The average molecular weight is 417 g/mol. The molecule has 0 spiro atoms. The zero-order chi connectivity index (χ0) is 21.8. The smallest absolute Gasteiger partial charge is 0.271 e. The van der Waals surface area contributed by atoms with Gasteiger partial charge in [-0.2, -0.15) is 0 Å². The van der Waals surface area contributed by atoms with Crippen LogP contribution in [0.1, 0.15) is 17.2 Å². The number of nitro groups is 1. The third kappa shape index (κ3) is 4.37. The first-order valence-electron chi connectivity index (χ1n) is 9.64. The number of fused-ring (bicyclic) bond motifs is 1. The minimum Gasteiger partial charge on any atom is -0.482 e. The van der Waals surface area contributed by atoms with Gasteiger partial charge in [0.25, 0.3) is 11.6 Å². The maximum atomic E-state index is 13.0. The van der Waals surface area contributed by atoms with Crippen LogP contribution in [0.2, 0.25) is 0 Å². The van der Waals surface area contributed by atoms with Crippen molar-refractivity contribution in [3.8, 4) is 5.75 Å². The second-order valence-electron chi connectivity index (χ2n) is 7.00. The van der Waals surface area contributed by atoms with Crippen molar-refractivity contribution in [3.05, 3.63) is 100 Å². The lowest BCUT2D eigenvalue weighted by molar-refractivity contribution is -0.384. The Kier molecular flexibility index (Phi) is 5.61. The Morgan fingerprint density at radius 1 is 1.03 bits per heavy atom. The summed E-state index contributed by atoms with van der Waals surface area (Å²) in [5.74, 6) is -0.523. The molecule has 2 amide bonds. The van der Waals surface area contributed by atoms with E-state index >= 15 is 0 Å². The van der Waals surface area contributed by atoms with Crippen LogP contribution < -0.4 is 15.0 Å². The molecule has 0 radical (unpaired) electrons. The van der Waals surface area contributed by atoms with Crippen LogP contribution >= 0.6 is 0 Å². The predicted molar refractivity (Wildman–Crippen MR) is 114 cm³/mol. The van der Waals surface area contributed by atoms with E-state index in [0.717, 1.165) is 11.1 Å². The quantitative estimate of drug-likeness (QED) is 0.490. The molecule has 0 unspecified atom stereocenters. The molecule has 1 N–H and O–H groups in total. The van der Waals surface area contributed by atoms with Gasteiger partial charge in [-0.05, 0) is 17.2 Å². The van der Waals surface area contributed by atoms with Crippen LogP contribution in [0.3, 0.4) is 0 Å². The summed E-state index contributed by atoms with van der Waals surface area (Å²) in [5, 5.41) is 14.1. The van der Waals surface area contributed by atoms with E-state index < -0.39 is 22.8 Å². The molecule has 31 heavy (non-hydrogen) atoms. The number of non-ortho nitro benzene ring substituents is 1. The van der Waals surface area contributed by atoms with E-state index in [-0.39, 0.29) is 24.5 Å². The van der Waals surface area contributed by atoms with Crippen molar-refractivity contribution in [2.45, 2.75) is 6.04 Å². The summed E-state index contributed by atoms with van der Waals surface area (Å²) < 4.78 is 5.36. The molecular weight excluding hydrogens is 398 g/mol. The number of hydrogen-bond acceptors (Lipinski definition) is 5. The van der Waals surface area contributed by atoms with Crippen LogP contribution in [0.25, 0.3) is 0 Å². The molecule has 0 atom stereocenters. The average Bonchev–Trinajstić information content (AvgIpc) is 2.80. The maximum absolute atomic E-state index is 13.0. The Bertz CT molecular complexity index is 1080. The van der Waals surface area contributed by atoms with Gasteiger partial charge in [-0.3, -0.25) is 24.6 Å². The van der Waals surface area contributed by atoms with Crippen molar-refractivity contribution in [2.75, 3.05) is 18.1 Å². The highest BCUT2D eigenvalue weighted by molar-refractivity contribution is 6.02. The van der Waals surface area contributed by atoms with E-state index in [1.807, 2.05) is 60.7 Å². The first kappa shape index (κ1) is 20.1. The van der Waals surface area contributed by atoms with Gasteiger partial charge in [0.1, 0.15) is 12.3 Å². The molecule has 8 heteroatoms. The lowest BCUT2D eigenvalue weighted by atomic mass is 9.98. The highest BCUT2D eigenvalue weighted by atomic mass is 16.6. The lowest BCUT2D eigenvalue weighted by Crippen LogP contribution is -2.46. The van der Waals surface area contributed by atoms with Gasteiger partial charge in [-0.15, -0.1) is 0 Å². The number of hydrogen-bond donors (Lipinski definition) is 1. The molecule has 1 aliphatic rings. The summed E-state index contributed by atoms with van der Waals surface area (Å²) in [6.45, 7) is -0.522. The summed E-state index contributed by atoms with van der Waals surface area (Å²) in [7, 11) is 0. The van der Waals surface area contributed by atoms with Crippen LogP contribution in [-0.4, -0.2) is 29.9 Å². The number of benzene rings is 3. The van der Waals surface area contributed by atoms with E-state index in [2.05, 4.69) is 5.32 Å². The molecular formula is C23H19N3O5. The molecule has 156 valence electrons. The van der Waals surface area contributed by atoms with Gasteiger partial charge in [0.15, 0.2) is 6.61 Å². The third-order valence-corrected chi connectivity index (χ3v) is 4.97. The second kappa shape index (κ2) is 8.66. The number of anilines is 1. The number of carbonyl (C=O) groups is 2. The van der Waals surface area contributed by atoms with Gasteiger partial charge in [0, 0.05) is 12.1 Å². The van der Waals surface area contributed by atoms with Crippen molar-refractivity contribution in [3.63, 3.8) is 0 Å². The van der Waals surface area contributed by atoms with Gasteiger partial charge in [-0.1, -0.05) is 60.7 Å². The Morgan fingerprint density at radius 2 is 1.65 bits per heavy atom. The number of nitrogens with one attached hydrogen (secondary N) is 1. The van der Waals surface area contributed by atoms with Crippen molar-refractivity contribution < 1.29 is 19.2 Å². The van der Waals surface area contributed by atoms with E-state index in [9.17, 15) is 19.7 Å². The number of nitro benzene ring substituents is 1. The summed E-state index contributed by atoms with van der Waals surface area (Å²) in [6, 6.07) is 22.6. The topological polar surface area (TPSA) is 102 Å². The first-order chi connectivity index (χ1) is 15.0. The molecule has 0 bridgehead atoms. The largest absolute Gasteiger partial charge is 0.482 e. The van der Waals surface area contributed by atoms with Crippen LogP contribution in [-0.2, 0) is 9.59 Å². The summed E-state index contributed by atoms with van der Waals surface area (Å²) in [5.41, 5.74) is 1.81. The van der Waals surface area contributed by atoms with Gasteiger partial charge in [0.2, 0.25) is 5.91 Å². The number of nitrogens with zero attached hydrogens (tertiary/aromatic N) is 2. The summed E-state index contributed by atoms with van der Waals surface area (Å²) in [6.07, 6.45) is 0. The minimum atomic E-state index is -0.557. The highest BCUT2D eigenvalue weighted by Gasteiger charge is 2.30. The maximum Gasteiger partial charge on any atom is 0.271 e. The van der Waals surface area contributed by atoms with Crippen LogP contribution in [0.15, 0.2) is 78.9 Å².